The fourth-order valence-corrected chi connectivity index (χ4v) is 13.3. The molecule has 326 valence electrons. The molecule has 13 aromatic rings. The molecule has 0 N–H and O–H groups in total. The van der Waals surface area contributed by atoms with Gasteiger partial charge in [-0.2, -0.15) is 0 Å². The summed E-state index contributed by atoms with van der Waals surface area (Å²) >= 11 is 1.86. The van der Waals surface area contributed by atoms with E-state index in [2.05, 4.69) is 264 Å². The van der Waals surface area contributed by atoms with Gasteiger partial charge in [0.1, 0.15) is 0 Å². The summed E-state index contributed by atoms with van der Waals surface area (Å²) < 4.78 is 5.16. The zero-order chi connectivity index (χ0) is 45.9. The Morgan fingerprint density at radius 2 is 0.914 bits per heavy atom. The van der Waals surface area contributed by atoms with Crippen molar-refractivity contribution in [3.8, 4) is 50.2 Å². The van der Waals surface area contributed by atoms with Gasteiger partial charge in [-0.15, -0.1) is 11.3 Å². The van der Waals surface area contributed by atoms with Crippen molar-refractivity contribution in [2.75, 3.05) is 4.90 Å². The van der Waals surface area contributed by atoms with Crippen LogP contribution < -0.4 is 4.90 Å². The van der Waals surface area contributed by atoms with Gasteiger partial charge in [0.05, 0.1) is 27.8 Å². The predicted octanol–water partition coefficient (Wildman–Crippen LogP) is 18.3. The Bertz CT molecular complexity index is 4240. The number of hydrogen-bond donors (Lipinski definition) is 0. The number of anilines is 3. The molecule has 3 heteroatoms. The minimum atomic E-state index is -0.574. The third-order valence-electron chi connectivity index (χ3n) is 15.2. The molecule has 1 atom stereocenters. The van der Waals surface area contributed by atoms with E-state index in [-0.39, 0.29) is 0 Å². The monoisotopic (exact) mass is 906 g/mol. The van der Waals surface area contributed by atoms with Gasteiger partial charge in [-0.05, 0) is 122 Å². The van der Waals surface area contributed by atoms with Crippen LogP contribution in [0.4, 0.5) is 17.1 Å². The zero-order valence-corrected chi connectivity index (χ0v) is 38.9. The molecular formula is C67H42N2S. The smallest absolute Gasteiger partial charge is 0.0755 e. The SMILES string of the molecule is c1ccc(-c2ccc(-c3ccccc3N(c3ccc(-c4ccc5sc6ccccc6c5c4)cc3)c3ccc4c(c3)C3(c5ccccc5-4)c4ccccc4-n4c5ccccc5c5cccc3c54)cc2)cc1. The Morgan fingerprint density at radius 1 is 0.329 bits per heavy atom. The van der Waals surface area contributed by atoms with Gasteiger partial charge >= 0.3 is 0 Å². The average Bonchev–Trinajstić information content (AvgIpc) is 4.09. The standard InChI is InChI=1S/C67H42N2S/c1-2-15-43(16-3-1)44-29-31-46(32-30-44)50-17-5-10-25-61(50)68(48-36-33-45(34-37-48)47-35-40-65-56(41-47)54-20-7-13-28-64(54)70-65)49-38-39-52-51-18-4-8-22-57(51)67(60(52)42-49)58-23-9-12-27-63(58)69-62-26-11-6-19-53(62)55-21-14-24-59(67)66(55)69/h1-42H. The highest BCUT2D eigenvalue weighted by Crippen LogP contribution is 2.62. The third-order valence-corrected chi connectivity index (χ3v) is 16.4. The number of fused-ring (bicyclic) bond motifs is 15. The average molecular weight is 907 g/mol. The Labute approximate surface area is 410 Å². The van der Waals surface area contributed by atoms with Crippen molar-refractivity contribution in [2.24, 2.45) is 0 Å². The molecule has 0 amide bonds. The first-order valence-electron chi connectivity index (χ1n) is 24.2. The lowest BCUT2D eigenvalue weighted by Gasteiger charge is -2.40. The molecule has 0 saturated heterocycles. The maximum Gasteiger partial charge on any atom is 0.0755 e. The predicted molar refractivity (Wildman–Crippen MR) is 296 cm³/mol. The van der Waals surface area contributed by atoms with Crippen molar-refractivity contribution in [1.29, 1.82) is 0 Å². The number of nitrogens with zero attached hydrogens (tertiary/aromatic N) is 2. The van der Waals surface area contributed by atoms with Crippen molar-refractivity contribution in [1.82, 2.24) is 4.57 Å². The summed E-state index contributed by atoms with van der Waals surface area (Å²) in [6, 6.07) is 95.0. The highest BCUT2D eigenvalue weighted by molar-refractivity contribution is 7.25. The van der Waals surface area contributed by atoms with Gasteiger partial charge < -0.3 is 9.47 Å². The van der Waals surface area contributed by atoms with E-state index in [0.717, 1.165) is 22.6 Å². The first kappa shape index (κ1) is 39.3. The van der Waals surface area contributed by atoms with E-state index in [1.165, 1.54) is 109 Å². The molecule has 1 spiro atoms. The van der Waals surface area contributed by atoms with Crippen LogP contribution in [0.1, 0.15) is 22.3 Å². The van der Waals surface area contributed by atoms with Crippen LogP contribution >= 0.6 is 11.3 Å². The molecule has 0 fully saturated rings. The first-order valence-corrected chi connectivity index (χ1v) is 25.0. The highest BCUT2D eigenvalue weighted by atomic mass is 32.1. The molecule has 1 aliphatic carbocycles. The van der Waals surface area contributed by atoms with E-state index >= 15 is 0 Å². The fourth-order valence-electron chi connectivity index (χ4n) is 12.2. The first-order chi connectivity index (χ1) is 34.7. The summed E-state index contributed by atoms with van der Waals surface area (Å²) in [5, 5.41) is 5.18. The Morgan fingerprint density at radius 3 is 1.79 bits per heavy atom. The summed E-state index contributed by atoms with van der Waals surface area (Å²) in [4.78, 5) is 2.49. The van der Waals surface area contributed by atoms with Crippen LogP contribution in [-0.4, -0.2) is 4.57 Å². The highest BCUT2D eigenvalue weighted by Gasteiger charge is 2.51. The summed E-state index contributed by atoms with van der Waals surface area (Å²) in [6.45, 7) is 0. The Balaban J connectivity index is 0.956. The lowest BCUT2D eigenvalue weighted by atomic mass is 9.65. The second-order valence-electron chi connectivity index (χ2n) is 18.7. The fraction of sp³-hybridized carbons (Fsp3) is 0.0149. The molecule has 11 aromatic carbocycles. The van der Waals surface area contributed by atoms with Gasteiger partial charge in [0.2, 0.25) is 0 Å². The maximum absolute atomic E-state index is 2.52. The van der Waals surface area contributed by atoms with E-state index in [9.17, 15) is 0 Å². The van der Waals surface area contributed by atoms with Gasteiger partial charge in [0.15, 0.2) is 0 Å². The van der Waals surface area contributed by atoms with E-state index < -0.39 is 5.41 Å². The van der Waals surface area contributed by atoms with Gasteiger partial charge in [0, 0.05) is 47.9 Å². The largest absolute Gasteiger partial charge is 0.310 e. The Kier molecular flexibility index (Phi) is 8.48. The molecular weight excluding hydrogens is 865 g/mol. The van der Waals surface area contributed by atoms with Gasteiger partial charge in [0.25, 0.3) is 0 Å². The van der Waals surface area contributed by atoms with Gasteiger partial charge in [-0.1, -0.05) is 194 Å². The molecule has 0 bridgehead atoms. The molecule has 0 saturated carbocycles. The zero-order valence-electron chi connectivity index (χ0n) is 38.1. The lowest BCUT2D eigenvalue weighted by Crippen LogP contribution is -2.33. The molecule has 15 rings (SSSR count). The summed E-state index contributed by atoms with van der Waals surface area (Å²) in [5.41, 5.74) is 21.4. The third kappa shape index (κ3) is 5.55. The number of aromatic nitrogens is 1. The van der Waals surface area contributed by atoms with Crippen LogP contribution in [0.2, 0.25) is 0 Å². The van der Waals surface area contributed by atoms with Crippen LogP contribution in [0.15, 0.2) is 255 Å². The van der Waals surface area contributed by atoms with Crippen molar-refractivity contribution < 1.29 is 0 Å². The van der Waals surface area contributed by atoms with Crippen molar-refractivity contribution in [3.63, 3.8) is 0 Å². The number of hydrogen-bond acceptors (Lipinski definition) is 2. The van der Waals surface area contributed by atoms with Gasteiger partial charge in [-0.25, -0.2) is 0 Å². The molecule has 2 aliphatic rings. The topological polar surface area (TPSA) is 8.17 Å². The number of para-hydroxylation sites is 4. The molecule has 0 radical (unpaired) electrons. The van der Waals surface area contributed by atoms with Crippen molar-refractivity contribution >= 4 is 70.4 Å². The summed E-state index contributed by atoms with van der Waals surface area (Å²) in [5.74, 6) is 0. The van der Waals surface area contributed by atoms with E-state index in [0.29, 0.717) is 0 Å². The second kappa shape index (κ2) is 15.1. The molecule has 1 aliphatic heterocycles. The van der Waals surface area contributed by atoms with Crippen LogP contribution in [0.25, 0.3) is 92.2 Å². The van der Waals surface area contributed by atoms with Crippen LogP contribution in [0.3, 0.4) is 0 Å². The van der Waals surface area contributed by atoms with Crippen LogP contribution in [0, 0.1) is 0 Å². The normalized spacial score (nSPS) is 14.3. The number of thiophene rings is 1. The summed E-state index contributed by atoms with van der Waals surface area (Å²) in [6.07, 6.45) is 0. The quantitative estimate of drug-likeness (QED) is 0.161. The molecule has 2 aromatic heterocycles. The number of benzene rings is 11. The van der Waals surface area contributed by atoms with Gasteiger partial charge in [-0.3, -0.25) is 0 Å². The molecule has 1 unspecified atom stereocenters. The maximum atomic E-state index is 2.52. The number of rotatable bonds is 6. The van der Waals surface area contributed by atoms with Crippen LogP contribution in [0.5, 0.6) is 0 Å². The van der Waals surface area contributed by atoms with Crippen LogP contribution in [-0.2, 0) is 5.41 Å². The molecule has 3 heterocycles. The lowest BCUT2D eigenvalue weighted by molar-refractivity contribution is 0.748. The summed E-state index contributed by atoms with van der Waals surface area (Å²) in [7, 11) is 0. The Hall–Kier alpha value is -8.76. The van der Waals surface area contributed by atoms with Crippen molar-refractivity contribution in [3.05, 3.63) is 277 Å². The van der Waals surface area contributed by atoms with E-state index in [1.54, 1.807) is 0 Å². The second-order valence-corrected chi connectivity index (χ2v) is 19.8. The minimum absolute atomic E-state index is 0.574. The van der Waals surface area contributed by atoms with Crippen molar-refractivity contribution in [2.45, 2.75) is 5.41 Å². The van der Waals surface area contributed by atoms with E-state index in [4.69, 9.17) is 0 Å². The van der Waals surface area contributed by atoms with E-state index in [1.807, 2.05) is 11.3 Å². The molecule has 2 nitrogen and oxygen atoms in total. The minimum Gasteiger partial charge on any atom is -0.310 e. The molecule has 70 heavy (non-hydrogen) atoms.